The van der Waals surface area contributed by atoms with Crippen LogP contribution in [0.1, 0.15) is 5.69 Å². The molecule has 0 N–H and O–H groups in total. The maximum Gasteiger partial charge on any atom is 0.351 e. The van der Waals surface area contributed by atoms with Crippen molar-refractivity contribution in [3.8, 4) is 33.6 Å². The Hall–Kier alpha value is -3.26. The van der Waals surface area contributed by atoms with Crippen LogP contribution in [-0.4, -0.2) is 37.9 Å². The summed E-state index contributed by atoms with van der Waals surface area (Å²) in [5.74, 6) is 1.95. The van der Waals surface area contributed by atoms with Crippen molar-refractivity contribution in [1.82, 2.24) is 4.98 Å². The van der Waals surface area contributed by atoms with Crippen molar-refractivity contribution in [1.29, 1.82) is 0 Å². The van der Waals surface area contributed by atoms with Crippen molar-refractivity contribution < 1.29 is 28.5 Å². The van der Waals surface area contributed by atoms with Crippen molar-refractivity contribution in [2.24, 2.45) is 0 Å². The van der Waals surface area contributed by atoms with Crippen molar-refractivity contribution in [2.45, 2.75) is 12.7 Å². The second-order valence-corrected chi connectivity index (χ2v) is 7.04. The Balaban J connectivity index is 1.38. The summed E-state index contributed by atoms with van der Waals surface area (Å²) in [4.78, 5) is 16.9. The summed E-state index contributed by atoms with van der Waals surface area (Å²) in [5.41, 5.74) is 1.55. The Bertz CT molecular complexity index is 1020. The second-order valence-electron chi connectivity index (χ2n) is 6.19. The summed E-state index contributed by atoms with van der Waals surface area (Å²) in [6.45, 7) is 0.175. The third-order valence-corrected chi connectivity index (χ3v) is 5.26. The average Bonchev–Trinajstić information content (AvgIpc) is 3.25. The number of ether oxygens (including phenoxy) is 5. The average molecular weight is 413 g/mol. The maximum atomic E-state index is 12.3. The molecule has 1 aromatic heterocycles. The fourth-order valence-corrected chi connectivity index (χ4v) is 3.65. The van der Waals surface area contributed by atoms with Crippen LogP contribution in [-0.2, 0) is 16.1 Å². The van der Waals surface area contributed by atoms with Crippen molar-refractivity contribution >= 4 is 17.3 Å². The predicted octanol–water partition coefficient (Wildman–Crippen LogP) is 3.71. The number of carbonyl (C=O) groups is 1. The summed E-state index contributed by atoms with van der Waals surface area (Å²) >= 11 is 1.46. The molecule has 150 valence electrons. The molecule has 1 atom stereocenters. The molecule has 3 aromatic rings. The van der Waals surface area contributed by atoms with Crippen LogP contribution in [0, 0.1) is 0 Å². The number of thiazole rings is 1. The van der Waals surface area contributed by atoms with E-state index in [9.17, 15) is 4.79 Å². The third-order valence-electron chi connectivity index (χ3n) is 4.32. The van der Waals surface area contributed by atoms with E-state index in [2.05, 4.69) is 4.98 Å². The van der Waals surface area contributed by atoms with Crippen molar-refractivity contribution in [3.05, 3.63) is 53.5 Å². The van der Waals surface area contributed by atoms with Crippen LogP contribution in [0.5, 0.6) is 23.0 Å². The van der Waals surface area contributed by atoms with Gasteiger partial charge in [0.05, 0.1) is 19.9 Å². The molecule has 0 unspecified atom stereocenters. The summed E-state index contributed by atoms with van der Waals surface area (Å²) in [7, 11) is 3.18. The van der Waals surface area contributed by atoms with Gasteiger partial charge in [-0.1, -0.05) is 12.1 Å². The van der Waals surface area contributed by atoms with Crippen molar-refractivity contribution in [3.63, 3.8) is 0 Å². The van der Waals surface area contributed by atoms with E-state index < -0.39 is 12.1 Å². The Morgan fingerprint density at radius 3 is 2.72 bits per heavy atom. The van der Waals surface area contributed by atoms with Gasteiger partial charge in [0.2, 0.25) is 6.10 Å². The number of nitrogens with zero attached hydrogens (tertiary/aromatic N) is 1. The van der Waals surface area contributed by atoms with Crippen LogP contribution in [0.2, 0.25) is 0 Å². The number of methoxy groups -OCH3 is 2. The quantitative estimate of drug-likeness (QED) is 0.570. The van der Waals surface area contributed by atoms with E-state index in [1.165, 1.54) is 11.3 Å². The summed E-state index contributed by atoms with van der Waals surface area (Å²) in [5, 5.41) is 2.65. The number of fused-ring (bicyclic) bond motifs is 1. The number of rotatable bonds is 6. The van der Waals surface area contributed by atoms with E-state index >= 15 is 0 Å². The number of carbonyl (C=O) groups excluding carboxylic acids is 1. The molecule has 0 bridgehead atoms. The monoisotopic (exact) mass is 413 g/mol. The van der Waals surface area contributed by atoms with Gasteiger partial charge in [-0.25, -0.2) is 9.78 Å². The third kappa shape index (κ3) is 4.12. The number of esters is 1. The first-order chi connectivity index (χ1) is 14.2. The van der Waals surface area contributed by atoms with Gasteiger partial charge < -0.3 is 23.7 Å². The SMILES string of the molecule is COc1ccc(-c2nc(COC(=O)[C@H]3COc4ccccc4O3)cs2)cc1OC. The van der Waals surface area contributed by atoms with Crippen molar-refractivity contribution in [2.75, 3.05) is 20.8 Å². The molecule has 7 nitrogen and oxygen atoms in total. The molecule has 0 aliphatic carbocycles. The Kier molecular flexibility index (Phi) is 5.53. The fourth-order valence-electron chi connectivity index (χ4n) is 2.85. The summed E-state index contributed by atoms with van der Waals surface area (Å²) < 4.78 is 27.2. The number of para-hydroxylation sites is 2. The number of hydrogen-bond acceptors (Lipinski definition) is 8. The minimum absolute atomic E-state index is 0.0597. The van der Waals surface area contributed by atoms with E-state index in [4.69, 9.17) is 23.7 Å². The van der Waals surface area contributed by atoms with Gasteiger partial charge in [-0.2, -0.15) is 0 Å². The lowest BCUT2D eigenvalue weighted by Crippen LogP contribution is -2.37. The molecule has 2 heterocycles. The Morgan fingerprint density at radius 1 is 1.14 bits per heavy atom. The first-order valence-corrected chi connectivity index (χ1v) is 9.78. The van der Waals surface area contributed by atoms with Crippen LogP contribution in [0.4, 0.5) is 0 Å². The Labute approximate surface area is 171 Å². The molecule has 1 aliphatic rings. The molecule has 29 heavy (non-hydrogen) atoms. The zero-order valence-corrected chi connectivity index (χ0v) is 16.7. The van der Waals surface area contributed by atoms with Crippen LogP contribution < -0.4 is 18.9 Å². The molecular formula is C21H19NO6S. The van der Waals surface area contributed by atoms with Gasteiger partial charge in [0.1, 0.15) is 18.2 Å². The van der Waals surface area contributed by atoms with Gasteiger partial charge in [-0.15, -0.1) is 11.3 Å². The molecule has 0 saturated heterocycles. The van der Waals surface area contributed by atoms with Crippen LogP contribution >= 0.6 is 11.3 Å². The molecule has 4 rings (SSSR count). The zero-order valence-electron chi connectivity index (χ0n) is 15.9. The normalized spacial score (nSPS) is 14.9. The molecule has 2 aromatic carbocycles. The summed E-state index contributed by atoms with van der Waals surface area (Å²) in [6, 6.07) is 12.8. The van der Waals surface area contributed by atoms with Gasteiger partial charge in [0.25, 0.3) is 0 Å². The lowest BCUT2D eigenvalue weighted by molar-refractivity contribution is -0.156. The van der Waals surface area contributed by atoms with Gasteiger partial charge in [0, 0.05) is 10.9 Å². The van der Waals surface area contributed by atoms with E-state index in [-0.39, 0.29) is 13.2 Å². The largest absolute Gasteiger partial charge is 0.493 e. The minimum Gasteiger partial charge on any atom is -0.493 e. The highest BCUT2D eigenvalue weighted by Crippen LogP contribution is 2.34. The summed E-state index contributed by atoms with van der Waals surface area (Å²) in [6.07, 6.45) is -0.797. The second kappa shape index (κ2) is 8.40. The van der Waals surface area contributed by atoms with Gasteiger partial charge >= 0.3 is 5.97 Å². The van der Waals surface area contributed by atoms with E-state index in [1.807, 2.05) is 35.7 Å². The lowest BCUT2D eigenvalue weighted by atomic mass is 10.2. The fraction of sp³-hybridized carbons (Fsp3) is 0.238. The van der Waals surface area contributed by atoms with Crippen LogP contribution in [0.3, 0.4) is 0 Å². The number of hydrogen-bond donors (Lipinski definition) is 0. The lowest BCUT2D eigenvalue weighted by Gasteiger charge is -2.24. The molecule has 1 aliphatic heterocycles. The molecule has 0 radical (unpaired) electrons. The zero-order chi connectivity index (χ0) is 20.2. The maximum absolute atomic E-state index is 12.3. The number of benzene rings is 2. The predicted molar refractivity (Wildman–Crippen MR) is 107 cm³/mol. The van der Waals surface area contributed by atoms with Gasteiger partial charge in [0.15, 0.2) is 23.0 Å². The molecule has 0 fully saturated rings. The van der Waals surface area contributed by atoms with E-state index in [1.54, 1.807) is 26.4 Å². The smallest absolute Gasteiger partial charge is 0.351 e. The van der Waals surface area contributed by atoms with Crippen LogP contribution in [0.25, 0.3) is 10.6 Å². The molecule has 0 saturated carbocycles. The first-order valence-electron chi connectivity index (χ1n) is 8.90. The standard InChI is InChI=1S/C21H19NO6S/c1-24-15-8-7-13(9-18(15)25-2)20-22-14(12-29-20)10-27-21(23)19-11-26-16-5-3-4-6-17(16)28-19/h3-9,12,19H,10-11H2,1-2H3/t19-/m1/s1. The highest BCUT2D eigenvalue weighted by atomic mass is 32.1. The first kappa shape index (κ1) is 19.1. The van der Waals surface area contributed by atoms with Gasteiger partial charge in [-0.3, -0.25) is 0 Å². The minimum atomic E-state index is -0.797. The Morgan fingerprint density at radius 2 is 1.93 bits per heavy atom. The number of aromatic nitrogens is 1. The topological polar surface area (TPSA) is 76.1 Å². The van der Waals surface area contributed by atoms with E-state index in [0.29, 0.717) is 28.7 Å². The van der Waals surface area contributed by atoms with Crippen LogP contribution in [0.15, 0.2) is 47.8 Å². The molecule has 0 amide bonds. The highest BCUT2D eigenvalue weighted by molar-refractivity contribution is 7.13. The van der Waals surface area contributed by atoms with Gasteiger partial charge in [-0.05, 0) is 30.3 Å². The highest BCUT2D eigenvalue weighted by Gasteiger charge is 2.28. The molecule has 0 spiro atoms. The van der Waals surface area contributed by atoms with E-state index in [0.717, 1.165) is 10.6 Å². The molecule has 8 heteroatoms. The molecular weight excluding hydrogens is 394 g/mol.